The van der Waals surface area contributed by atoms with Gasteiger partial charge >= 0.3 is 0 Å². The van der Waals surface area contributed by atoms with Crippen molar-refractivity contribution in [3.8, 4) is 0 Å². The molecule has 0 saturated heterocycles. The summed E-state index contributed by atoms with van der Waals surface area (Å²) in [6.07, 6.45) is 1.32. The summed E-state index contributed by atoms with van der Waals surface area (Å²) in [4.78, 5) is 12.8. The van der Waals surface area contributed by atoms with Gasteiger partial charge in [0.1, 0.15) is 10.6 Å². The molecule has 9 nitrogen and oxygen atoms in total. The van der Waals surface area contributed by atoms with Crippen molar-refractivity contribution >= 4 is 38.2 Å². The van der Waals surface area contributed by atoms with Gasteiger partial charge in [-0.1, -0.05) is 29.0 Å². The molecule has 0 atom stereocenters. The molecule has 0 radical (unpaired) electrons. The standard InChI is InChI=1S/C16H18N6O3S2/c1-10-5-7-12(8-6-10)27(24,25)22(4)15-13(9-17-21(15)3)14(23)18-16-20-19-11(2)26-16/h5-9H,1-4H3,(H,18,20,23). The van der Waals surface area contributed by atoms with Crippen molar-refractivity contribution in [2.24, 2.45) is 7.05 Å². The Balaban J connectivity index is 1.95. The second kappa shape index (κ2) is 7.08. The lowest BCUT2D eigenvalue weighted by atomic mass is 10.2. The highest BCUT2D eigenvalue weighted by molar-refractivity contribution is 7.92. The molecule has 27 heavy (non-hydrogen) atoms. The summed E-state index contributed by atoms with van der Waals surface area (Å²) in [5, 5.41) is 15.4. The molecule has 3 rings (SSSR count). The number of hydrogen-bond donors (Lipinski definition) is 1. The van der Waals surface area contributed by atoms with Gasteiger partial charge in [0.05, 0.1) is 11.1 Å². The second-order valence-corrected chi connectivity index (χ2v) is 9.02. The van der Waals surface area contributed by atoms with Crippen LogP contribution in [0.1, 0.15) is 20.9 Å². The topological polar surface area (TPSA) is 110 Å². The van der Waals surface area contributed by atoms with Gasteiger partial charge in [-0.25, -0.2) is 8.42 Å². The third-order valence-electron chi connectivity index (χ3n) is 3.88. The van der Waals surface area contributed by atoms with Crippen LogP contribution in [0.4, 0.5) is 10.9 Å². The number of hydrogen-bond acceptors (Lipinski definition) is 7. The Morgan fingerprint density at radius 2 is 1.85 bits per heavy atom. The molecule has 0 unspecified atom stereocenters. The van der Waals surface area contributed by atoms with Crippen LogP contribution in [0.25, 0.3) is 0 Å². The van der Waals surface area contributed by atoms with Crippen LogP contribution in [-0.2, 0) is 17.1 Å². The van der Waals surface area contributed by atoms with Crippen molar-refractivity contribution in [2.75, 3.05) is 16.7 Å². The monoisotopic (exact) mass is 406 g/mol. The third-order valence-corrected chi connectivity index (χ3v) is 6.39. The first-order valence-corrected chi connectivity index (χ1v) is 10.1. The van der Waals surface area contributed by atoms with Crippen LogP contribution in [0, 0.1) is 13.8 Å². The van der Waals surface area contributed by atoms with Gasteiger partial charge < -0.3 is 0 Å². The van der Waals surface area contributed by atoms with Gasteiger partial charge in [0.25, 0.3) is 15.9 Å². The fourth-order valence-corrected chi connectivity index (χ4v) is 4.29. The lowest BCUT2D eigenvalue weighted by Crippen LogP contribution is -2.30. The Labute approximate surface area is 160 Å². The van der Waals surface area contributed by atoms with Gasteiger partial charge in [-0.05, 0) is 26.0 Å². The fraction of sp³-hybridized carbons (Fsp3) is 0.250. The number of nitrogens with zero attached hydrogens (tertiary/aromatic N) is 5. The van der Waals surface area contributed by atoms with E-state index in [9.17, 15) is 13.2 Å². The predicted octanol–water partition coefficient (Wildman–Crippen LogP) is 1.97. The molecule has 142 valence electrons. The van der Waals surface area contributed by atoms with E-state index in [1.54, 1.807) is 26.1 Å². The Morgan fingerprint density at radius 3 is 2.44 bits per heavy atom. The first kappa shape index (κ1) is 19.0. The average molecular weight is 406 g/mol. The summed E-state index contributed by atoms with van der Waals surface area (Å²) in [5.41, 5.74) is 1.06. The second-order valence-electron chi connectivity index (χ2n) is 5.87. The zero-order chi connectivity index (χ0) is 19.8. The van der Waals surface area contributed by atoms with Gasteiger partial charge in [-0.3, -0.25) is 19.1 Å². The molecule has 3 aromatic rings. The maximum atomic E-state index is 13.0. The molecule has 2 aromatic heterocycles. The normalized spacial score (nSPS) is 11.4. The molecule has 0 fully saturated rings. The molecule has 0 aliphatic heterocycles. The highest BCUT2D eigenvalue weighted by Crippen LogP contribution is 2.26. The van der Waals surface area contributed by atoms with Gasteiger partial charge in [-0.15, -0.1) is 10.2 Å². The van der Waals surface area contributed by atoms with E-state index in [0.29, 0.717) is 10.1 Å². The number of carbonyl (C=O) groups is 1. The average Bonchev–Trinajstić information content (AvgIpc) is 3.20. The highest BCUT2D eigenvalue weighted by atomic mass is 32.2. The molecule has 0 aliphatic carbocycles. The number of aromatic nitrogens is 4. The Morgan fingerprint density at radius 1 is 1.19 bits per heavy atom. The largest absolute Gasteiger partial charge is 0.296 e. The van der Waals surface area contributed by atoms with Crippen LogP contribution in [0.5, 0.6) is 0 Å². The Bertz CT molecular complexity index is 1090. The fourth-order valence-electron chi connectivity index (χ4n) is 2.46. The number of sulfonamides is 1. The molecule has 11 heteroatoms. The first-order chi connectivity index (χ1) is 12.7. The van der Waals surface area contributed by atoms with Gasteiger partial charge in [0.15, 0.2) is 5.82 Å². The third kappa shape index (κ3) is 3.69. The quantitative estimate of drug-likeness (QED) is 0.694. The number of rotatable bonds is 5. The SMILES string of the molecule is Cc1ccc(S(=O)(=O)N(C)c2c(C(=O)Nc3nnc(C)s3)cnn2C)cc1. The Kier molecular flexibility index (Phi) is 4.98. The number of carbonyl (C=O) groups excluding carboxylic acids is 1. The highest BCUT2D eigenvalue weighted by Gasteiger charge is 2.28. The van der Waals surface area contributed by atoms with Crippen LogP contribution < -0.4 is 9.62 Å². The summed E-state index contributed by atoms with van der Waals surface area (Å²) in [6, 6.07) is 6.49. The van der Waals surface area contributed by atoms with Gasteiger partial charge in [0.2, 0.25) is 5.13 Å². The van der Waals surface area contributed by atoms with Gasteiger partial charge in [-0.2, -0.15) is 5.10 Å². The number of benzene rings is 1. The van der Waals surface area contributed by atoms with Crippen LogP contribution in [0.2, 0.25) is 0 Å². The smallest absolute Gasteiger partial charge is 0.265 e. The summed E-state index contributed by atoms with van der Waals surface area (Å²) in [6.45, 7) is 3.64. The molecule has 1 amide bonds. The van der Waals surface area contributed by atoms with E-state index in [4.69, 9.17) is 0 Å². The first-order valence-electron chi connectivity index (χ1n) is 7.89. The lowest BCUT2D eigenvalue weighted by Gasteiger charge is -2.20. The van der Waals surface area contributed by atoms with Crippen LogP contribution in [0.3, 0.4) is 0 Å². The summed E-state index contributed by atoms with van der Waals surface area (Å²) in [7, 11) is -0.900. The van der Waals surface area contributed by atoms with E-state index in [2.05, 4.69) is 20.6 Å². The molecule has 2 heterocycles. The Hall–Kier alpha value is -2.79. The summed E-state index contributed by atoms with van der Waals surface area (Å²) >= 11 is 1.22. The van der Waals surface area contributed by atoms with Crippen molar-refractivity contribution in [3.63, 3.8) is 0 Å². The maximum absolute atomic E-state index is 13.0. The minimum atomic E-state index is -3.86. The molecule has 1 aromatic carbocycles. The summed E-state index contributed by atoms with van der Waals surface area (Å²) in [5.74, 6) is -0.366. The van der Waals surface area contributed by atoms with E-state index < -0.39 is 15.9 Å². The predicted molar refractivity (Wildman–Crippen MR) is 103 cm³/mol. The van der Waals surface area contributed by atoms with E-state index in [-0.39, 0.29) is 16.3 Å². The lowest BCUT2D eigenvalue weighted by molar-refractivity contribution is 0.102. The minimum Gasteiger partial charge on any atom is -0.296 e. The molecule has 0 aliphatic rings. The van der Waals surface area contributed by atoms with E-state index in [1.807, 2.05) is 6.92 Å². The van der Waals surface area contributed by atoms with E-state index in [1.165, 1.54) is 41.4 Å². The van der Waals surface area contributed by atoms with Crippen LogP contribution in [0.15, 0.2) is 35.4 Å². The zero-order valence-corrected chi connectivity index (χ0v) is 16.8. The van der Waals surface area contributed by atoms with Crippen molar-refractivity contribution in [3.05, 3.63) is 46.6 Å². The summed E-state index contributed by atoms with van der Waals surface area (Å²) < 4.78 is 28.3. The van der Waals surface area contributed by atoms with Crippen molar-refractivity contribution < 1.29 is 13.2 Å². The molecular formula is C16H18N6O3S2. The number of nitrogens with one attached hydrogen (secondary N) is 1. The molecule has 0 saturated carbocycles. The minimum absolute atomic E-state index is 0.114. The van der Waals surface area contributed by atoms with Crippen LogP contribution in [-0.4, -0.2) is 41.4 Å². The molecular weight excluding hydrogens is 388 g/mol. The van der Waals surface area contributed by atoms with Crippen LogP contribution >= 0.6 is 11.3 Å². The van der Waals surface area contributed by atoms with Crippen molar-refractivity contribution in [2.45, 2.75) is 18.7 Å². The van der Waals surface area contributed by atoms with E-state index in [0.717, 1.165) is 9.87 Å². The van der Waals surface area contributed by atoms with Crippen molar-refractivity contribution in [1.82, 2.24) is 20.0 Å². The zero-order valence-electron chi connectivity index (χ0n) is 15.2. The molecule has 1 N–H and O–H groups in total. The number of amides is 1. The maximum Gasteiger partial charge on any atom is 0.265 e. The number of aryl methyl sites for hydroxylation is 3. The number of anilines is 2. The molecule has 0 spiro atoms. The van der Waals surface area contributed by atoms with E-state index >= 15 is 0 Å². The van der Waals surface area contributed by atoms with Crippen molar-refractivity contribution in [1.29, 1.82) is 0 Å². The van der Waals surface area contributed by atoms with Gasteiger partial charge in [0, 0.05) is 14.1 Å². The molecule has 0 bridgehead atoms.